The van der Waals surface area contributed by atoms with E-state index >= 15 is 0 Å². The van der Waals surface area contributed by atoms with Gasteiger partial charge in [-0.1, -0.05) is 19.1 Å². The molecular weight excluding hydrogens is 416 g/mol. The molecule has 2 aromatic heterocycles. The van der Waals surface area contributed by atoms with Gasteiger partial charge in [-0.3, -0.25) is 9.89 Å². The van der Waals surface area contributed by atoms with E-state index in [0.29, 0.717) is 0 Å². The number of rotatable bonds is 6. The zero-order chi connectivity index (χ0) is 23.2. The van der Waals surface area contributed by atoms with Crippen LogP contribution in [0, 0.1) is 12.8 Å². The van der Waals surface area contributed by atoms with E-state index in [1.54, 1.807) is 7.11 Å². The molecular formula is C25H28N6O2. The Kier molecular flexibility index (Phi) is 6.83. The lowest BCUT2D eigenvalue weighted by atomic mass is 10.2. The van der Waals surface area contributed by atoms with E-state index in [1.807, 2.05) is 61.7 Å². The maximum Gasteiger partial charge on any atom is 0.227 e. The number of fused-ring (bicyclic) bond motifs is 1. The normalized spacial score (nSPS) is 12.6. The van der Waals surface area contributed by atoms with E-state index in [9.17, 15) is 4.79 Å². The SMILES string of the molecule is CCc1cnc(C)nc1Nc1n[nH]c2ccccc12.COc1ccc(NC(=O)C2CC2)cc1. The van der Waals surface area contributed by atoms with Gasteiger partial charge in [-0.05, 0) is 62.6 Å². The van der Waals surface area contributed by atoms with Crippen LogP contribution in [0.4, 0.5) is 17.3 Å². The minimum atomic E-state index is 0.134. The molecule has 33 heavy (non-hydrogen) atoms. The number of H-pyrrole nitrogens is 1. The van der Waals surface area contributed by atoms with E-state index in [2.05, 4.69) is 37.7 Å². The van der Waals surface area contributed by atoms with Crippen molar-refractivity contribution in [1.82, 2.24) is 20.2 Å². The number of hydrogen-bond donors (Lipinski definition) is 3. The number of anilines is 3. The van der Waals surface area contributed by atoms with Gasteiger partial charge in [0.05, 0.1) is 12.6 Å². The minimum absolute atomic E-state index is 0.134. The highest BCUT2D eigenvalue weighted by atomic mass is 16.5. The number of nitrogens with one attached hydrogen (secondary N) is 3. The van der Waals surface area contributed by atoms with E-state index in [1.165, 1.54) is 0 Å². The number of amides is 1. The first kappa shape index (κ1) is 22.3. The van der Waals surface area contributed by atoms with Gasteiger partial charge >= 0.3 is 0 Å². The number of para-hydroxylation sites is 1. The number of aromatic amines is 1. The first-order valence-electron chi connectivity index (χ1n) is 11.0. The van der Waals surface area contributed by atoms with Gasteiger partial charge < -0.3 is 15.4 Å². The average molecular weight is 445 g/mol. The summed E-state index contributed by atoms with van der Waals surface area (Å²) in [6.45, 7) is 3.97. The number of nitrogens with zero attached hydrogens (tertiary/aromatic N) is 3. The summed E-state index contributed by atoms with van der Waals surface area (Å²) in [5.41, 5.74) is 2.93. The lowest BCUT2D eigenvalue weighted by Gasteiger charge is -2.08. The third-order valence-corrected chi connectivity index (χ3v) is 5.38. The predicted molar refractivity (Wildman–Crippen MR) is 130 cm³/mol. The lowest BCUT2D eigenvalue weighted by molar-refractivity contribution is -0.117. The Labute approximate surface area is 192 Å². The van der Waals surface area contributed by atoms with Gasteiger partial charge in [-0.25, -0.2) is 9.97 Å². The van der Waals surface area contributed by atoms with Crippen LogP contribution >= 0.6 is 0 Å². The van der Waals surface area contributed by atoms with Crippen molar-refractivity contribution in [3.8, 4) is 5.75 Å². The fourth-order valence-electron chi connectivity index (χ4n) is 3.30. The van der Waals surface area contributed by atoms with Crippen molar-refractivity contribution in [2.24, 2.45) is 5.92 Å². The maximum absolute atomic E-state index is 11.4. The summed E-state index contributed by atoms with van der Waals surface area (Å²) in [6, 6.07) is 15.4. The smallest absolute Gasteiger partial charge is 0.227 e. The number of aryl methyl sites for hydroxylation is 2. The summed E-state index contributed by atoms with van der Waals surface area (Å²) < 4.78 is 5.02. The molecule has 2 heterocycles. The van der Waals surface area contributed by atoms with Crippen LogP contribution in [0.25, 0.3) is 10.9 Å². The molecule has 5 rings (SSSR count). The van der Waals surface area contributed by atoms with Crippen LogP contribution in [0.3, 0.4) is 0 Å². The van der Waals surface area contributed by atoms with Crippen LogP contribution in [0.15, 0.2) is 54.7 Å². The Morgan fingerprint density at radius 2 is 1.88 bits per heavy atom. The first-order valence-corrected chi connectivity index (χ1v) is 11.0. The van der Waals surface area contributed by atoms with Crippen LogP contribution in [0.5, 0.6) is 5.75 Å². The van der Waals surface area contributed by atoms with Crippen molar-refractivity contribution < 1.29 is 9.53 Å². The molecule has 0 unspecified atom stereocenters. The molecule has 1 fully saturated rings. The third-order valence-electron chi connectivity index (χ3n) is 5.38. The van der Waals surface area contributed by atoms with E-state index in [0.717, 1.165) is 64.6 Å². The zero-order valence-corrected chi connectivity index (χ0v) is 19.1. The largest absolute Gasteiger partial charge is 0.497 e. The molecule has 1 amide bonds. The quantitative estimate of drug-likeness (QED) is 0.386. The van der Waals surface area contributed by atoms with Crippen LogP contribution < -0.4 is 15.4 Å². The molecule has 1 aliphatic rings. The van der Waals surface area contributed by atoms with Crippen molar-refractivity contribution in [3.05, 3.63) is 66.1 Å². The molecule has 8 heteroatoms. The fraction of sp³-hybridized carbons (Fsp3) is 0.280. The lowest BCUT2D eigenvalue weighted by Crippen LogP contribution is -2.12. The van der Waals surface area contributed by atoms with Crippen LogP contribution in [-0.4, -0.2) is 33.2 Å². The van der Waals surface area contributed by atoms with Crippen LogP contribution in [0.1, 0.15) is 31.2 Å². The summed E-state index contributed by atoms with van der Waals surface area (Å²) >= 11 is 0. The molecule has 8 nitrogen and oxygen atoms in total. The van der Waals surface area contributed by atoms with Crippen LogP contribution in [-0.2, 0) is 11.2 Å². The molecule has 0 radical (unpaired) electrons. The molecule has 0 saturated heterocycles. The predicted octanol–water partition coefficient (Wildman–Crippen LogP) is 5.01. The standard InChI is InChI=1S/C14H15N5.C11H13NO2/c1-3-10-8-15-9(2)16-13(10)17-14-11-6-4-5-7-12(11)18-19-14;1-14-10-6-4-9(5-7-10)12-11(13)8-2-3-8/h4-8H,3H2,1-2H3,(H2,15,16,17,18,19);4-8H,2-3H2,1H3,(H,12,13). The highest BCUT2D eigenvalue weighted by molar-refractivity contribution is 5.94. The number of carbonyl (C=O) groups is 1. The summed E-state index contributed by atoms with van der Waals surface area (Å²) in [7, 11) is 1.62. The summed E-state index contributed by atoms with van der Waals surface area (Å²) in [6.07, 6.45) is 4.80. The number of aromatic nitrogens is 4. The van der Waals surface area contributed by atoms with Gasteiger partial charge in [-0.2, -0.15) is 5.10 Å². The number of carbonyl (C=O) groups excluding carboxylic acids is 1. The van der Waals surface area contributed by atoms with Crippen molar-refractivity contribution in [2.45, 2.75) is 33.1 Å². The Hall–Kier alpha value is -3.94. The molecule has 0 aliphatic heterocycles. The summed E-state index contributed by atoms with van der Waals surface area (Å²) in [4.78, 5) is 20.1. The molecule has 3 N–H and O–H groups in total. The summed E-state index contributed by atoms with van der Waals surface area (Å²) in [5.74, 6) is 3.55. The highest BCUT2D eigenvalue weighted by Gasteiger charge is 2.29. The van der Waals surface area contributed by atoms with Gasteiger partial charge in [0.2, 0.25) is 5.91 Å². The van der Waals surface area contributed by atoms with E-state index in [-0.39, 0.29) is 11.8 Å². The van der Waals surface area contributed by atoms with Crippen molar-refractivity contribution >= 4 is 34.1 Å². The number of methoxy groups -OCH3 is 1. The van der Waals surface area contributed by atoms with Crippen molar-refractivity contribution in [1.29, 1.82) is 0 Å². The van der Waals surface area contributed by atoms with Crippen LogP contribution in [0.2, 0.25) is 0 Å². The molecule has 1 saturated carbocycles. The Bertz CT molecular complexity index is 1230. The van der Waals surface area contributed by atoms with Gasteiger partial charge in [0.15, 0.2) is 5.82 Å². The highest BCUT2D eigenvalue weighted by Crippen LogP contribution is 2.30. The third kappa shape index (κ3) is 5.65. The Morgan fingerprint density at radius 3 is 2.58 bits per heavy atom. The molecule has 1 aliphatic carbocycles. The molecule has 0 bridgehead atoms. The van der Waals surface area contributed by atoms with E-state index < -0.39 is 0 Å². The Morgan fingerprint density at radius 1 is 1.12 bits per heavy atom. The molecule has 170 valence electrons. The van der Waals surface area contributed by atoms with E-state index in [4.69, 9.17) is 4.74 Å². The Balaban J connectivity index is 0.000000165. The molecule has 4 aromatic rings. The summed E-state index contributed by atoms with van der Waals surface area (Å²) in [5, 5.41) is 14.5. The van der Waals surface area contributed by atoms with Gasteiger partial charge in [0, 0.05) is 28.8 Å². The molecule has 0 spiro atoms. The second kappa shape index (κ2) is 10.1. The van der Waals surface area contributed by atoms with Crippen molar-refractivity contribution in [2.75, 3.05) is 17.7 Å². The monoisotopic (exact) mass is 444 g/mol. The average Bonchev–Trinajstić information content (AvgIpc) is 3.62. The van der Waals surface area contributed by atoms with Gasteiger partial charge in [0.25, 0.3) is 0 Å². The second-order valence-electron chi connectivity index (χ2n) is 7.88. The number of hydrogen-bond acceptors (Lipinski definition) is 6. The van der Waals surface area contributed by atoms with Crippen molar-refractivity contribution in [3.63, 3.8) is 0 Å². The molecule has 0 atom stereocenters. The zero-order valence-electron chi connectivity index (χ0n) is 19.1. The fourth-order valence-corrected chi connectivity index (χ4v) is 3.30. The topological polar surface area (TPSA) is 105 Å². The minimum Gasteiger partial charge on any atom is -0.497 e. The first-order chi connectivity index (χ1) is 16.1. The number of ether oxygens (including phenoxy) is 1. The van der Waals surface area contributed by atoms with Gasteiger partial charge in [-0.15, -0.1) is 0 Å². The van der Waals surface area contributed by atoms with Gasteiger partial charge in [0.1, 0.15) is 17.4 Å². The number of benzene rings is 2. The maximum atomic E-state index is 11.4. The molecule has 2 aromatic carbocycles. The second-order valence-corrected chi connectivity index (χ2v) is 7.88.